The van der Waals surface area contributed by atoms with E-state index in [0.29, 0.717) is 24.3 Å². The molecule has 2 fully saturated rings. The van der Waals surface area contributed by atoms with E-state index in [1.807, 2.05) is 0 Å². The van der Waals surface area contributed by atoms with Gasteiger partial charge >= 0.3 is 0 Å². The van der Waals surface area contributed by atoms with Crippen LogP contribution in [0.25, 0.3) is 0 Å². The van der Waals surface area contributed by atoms with Crippen molar-refractivity contribution in [2.75, 3.05) is 26.2 Å². The van der Waals surface area contributed by atoms with Crippen LogP contribution < -0.4 is 16.0 Å². The molecule has 0 aromatic rings. The molecule has 1 unspecified atom stereocenters. The molecule has 0 bridgehead atoms. The van der Waals surface area contributed by atoms with Crippen LogP contribution in [-0.4, -0.2) is 49.2 Å². The highest BCUT2D eigenvalue weighted by molar-refractivity contribution is 5.92. The number of piperidine rings is 1. The van der Waals surface area contributed by atoms with Gasteiger partial charge in [-0.05, 0) is 52.2 Å². The number of allylic oxidation sites excluding steroid dienone is 1. The molecule has 2 saturated heterocycles. The fourth-order valence-electron chi connectivity index (χ4n) is 3.67. The van der Waals surface area contributed by atoms with Gasteiger partial charge < -0.3 is 21.4 Å². The molecule has 4 N–H and O–H groups in total. The van der Waals surface area contributed by atoms with Crippen molar-refractivity contribution in [2.24, 2.45) is 5.92 Å². The minimum atomic E-state index is -0.0823. The fraction of sp³-hybridized carbons (Fsp3) is 0.647. The summed E-state index contributed by atoms with van der Waals surface area (Å²) in [7, 11) is 0. The Morgan fingerprint density at radius 1 is 1.35 bits per heavy atom. The highest BCUT2D eigenvalue weighted by atomic mass is 16.1. The van der Waals surface area contributed by atoms with Crippen LogP contribution in [0.3, 0.4) is 0 Å². The Morgan fingerprint density at radius 2 is 2.13 bits per heavy atom. The van der Waals surface area contributed by atoms with E-state index in [9.17, 15) is 4.79 Å². The molecule has 0 aliphatic carbocycles. The van der Waals surface area contributed by atoms with Crippen molar-refractivity contribution >= 4 is 12.1 Å². The zero-order chi connectivity index (χ0) is 16.2. The van der Waals surface area contributed by atoms with Crippen LogP contribution in [0.2, 0.25) is 0 Å². The molecule has 6 heteroatoms. The smallest absolute Gasteiger partial charge is 0.251 e. The predicted molar refractivity (Wildman–Crippen MR) is 91.0 cm³/mol. The Hall–Kier alpha value is -1.66. The van der Waals surface area contributed by atoms with Crippen LogP contribution in [0.15, 0.2) is 23.2 Å². The normalized spacial score (nSPS) is 28.8. The first kappa shape index (κ1) is 16.2. The third kappa shape index (κ3) is 3.82. The van der Waals surface area contributed by atoms with Crippen molar-refractivity contribution in [3.8, 4) is 0 Å². The second-order valence-electron chi connectivity index (χ2n) is 6.74. The van der Waals surface area contributed by atoms with Crippen molar-refractivity contribution in [1.29, 1.82) is 5.41 Å². The topological polar surface area (TPSA) is 80.2 Å². The van der Waals surface area contributed by atoms with Crippen molar-refractivity contribution in [2.45, 2.75) is 38.6 Å². The monoisotopic (exact) mass is 317 g/mol. The van der Waals surface area contributed by atoms with E-state index >= 15 is 0 Å². The zero-order valence-corrected chi connectivity index (χ0v) is 13.8. The average molecular weight is 317 g/mol. The van der Waals surface area contributed by atoms with Crippen LogP contribution in [0, 0.1) is 11.3 Å². The molecule has 3 heterocycles. The Morgan fingerprint density at radius 3 is 2.78 bits per heavy atom. The summed E-state index contributed by atoms with van der Waals surface area (Å²) in [5.74, 6) is 1.01. The fourth-order valence-corrected chi connectivity index (χ4v) is 3.67. The minimum absolute atomic E-state index is 0.0823. The summed E-state index contributed by atoms with van der Waals surface area (Å²) in [5, 5.41) is 17.4. The van der Waals surface area contributed by atoms with Gasteiger partial charge in [0, 0.05) is 42.1 Å². The number of hydrogen-bond donors (Lipinski definition) is 4. The van der Waals surface area contributed by atoms with Gasteiger partial charge in [0.15, 0.2) is 0 Å². The lowest BCUT2D eigenvalue weighted by molar-refractivity contribution is -0.116. The number of nitrogens with one attached hydrogen (secondary N) is 4. The summed E-state index contributed by atoms with van der Waals surface area (Å²) < 4.78 is 0. The quantitative estimate of drug-likeness (QED) is 0.582. The maximum atomic E-state index is 12.1. The van der Waals surface area contributed by atoms with Gasteiger partial charge in [0.2, 0.25) is 0 Å². The molecule has 1 amide bonds. The molecule has 0 saturated carbocycles. The van der Waals surface area contributed by atoms with Gasteiger partial charge in [0.25, 0.3) is 5.91 Å². The average Bonchev–Trinajstić information content (AvgIpc) is 2.97. The van der Waals surface area contributed by atoms with Gasteiger partial charge in [-0.2, -0.15) is 0 Å². The van der Waals surface area contributed by atoms with E-state index in [0.717, 1.165) is 43.7 Å². The second-order valence-corrected chi connectivity index (χ2v) is 6.74. The Kier molecular flexibility index (Phi) is 5.13. The van der Waals surface area contributed by atoms with Gasteiger partial charge in [-0.25, -0.2) is 0 Å². The van der Waals surface area contributed by atoms with E-state index < -0.39 is 0 Å². The van der Waals surface area contributed by atoms with Crippen molar-refractivity contribution in [3.63, 3.8) is 0 Å². The van der Waals surface area contributed by atoms with E-state index in [1.165, 1.54) is 19.1 Å². The van der Waals surface area contributed by atoms with E-state index in [2.05, 4.69) is 27.8 Å². The third-order valence-electron chi connectivity index (χ3n) is 5.14. The lowest BCUT2D eigenvalue weighted by atomic mass is 9.93. The Balaban J connectivity index is 1.75. The summed E-state index contributed by atoms with van der Waals surface area (Å²) in [6.45, 7) is 6.00. The van der Waals surface area contributed by atoms with E-state index in [4.69, 9.17) is 5.41 Å². The van der Waals surface area contributed by atoms with Crippen LogP contribution in [0.1, 0.15) is 32.6 Å². The molecule has 6 nitrogen and oxygen atoms in total. The summed E-state index contributed by atoms with van der Waals surface area (Å²) in [6, 6.07) is 0.546. The van der Waals surface area contributed by atoms with Gasteiger partial charge in [-0.1, -0.05) is 0 Å². The number of carbonyl (C=O) groups excluding carboxylic acids is 1. The van der Waals surface area contributed by atoms with Crippen molar-refractivity contribution < 1.29 is 4.79 Å². The van der Waals surface area contributed by atoms with Crippen LogP contribution in [-0.2, 0) is 4.79 Å². The zero-order valence-electron chi connectivity index (χ0n) is 13.8. The molecular weight excluding hydrogens is 290 g/mol. The Labute approximate surface area is 137 Å². The van der Waals surface area contributed by atoms with Crippen LogP contribution in [0.4, 0.5) is 0 Å². The number of nitrogens with zero attached hydrogens (tertiary/aromatic N) is 1. The second kappa shape index (κ2) is 7.27. The molecule has 3 aliphatic rings. The van der Waals surface area contributed by atoms with E-state index in [1.54, 1.807) is 6.08 Å². The molecule has 3 rings (SSSR count). The number of carbonyl (C=O) groups is 1. The summed E-state index contributed by atoms with van der Waals surface area (Å²) in [6.07, 6.45) is 7.56. The molecule has 0 aromatic carbocycles. The summed E-state index contributed by atoms with van der Waals surface area (Å²) >= 11 is 0. The first-order chi connectivity index (χ1) is 11.2. The van der Waals surface area contributed by atoms with Gasteiger partial charge in [0.05, 0.1) is 0 Å². The molecule has 0 radical (unpaired) electrons. The van der Waals surface area contributed by atoms with Crippen LogP contribution in [0.5, 0.6) is 0 Å². The molecular formula is C17H27N5O. The summed E-state index contributed by atoms with van der Waals surface area (Å²) in [4.78, 5) is 14.5. The highest BCUT2D eigenvalue weighted by Crippen LogP contribution is 2.23. The van der Waals surface area contributed by atoms with E-state index in [-0.39, 0.29) is 5.91 Å². The molecule has 1 atom stereocenters. The first-order valence-electron chi connectivity index (χ1n) is 8.65. The number of likely N-dealkylation sites (tertiary alicyclic amines) is 1. The number of hydrogen-bond acceptors (Lipinski definition) is 5. The van der Waals surface area contributed by atoms with Gasteiger partial charge in [-0.3, -0.25) is 9.69 Å². The minimum Gasteiger partial charge on any atom is -0.344 e. The summed E-state index contributed by atoms with van der Waals surface area (Å²) in [5.41, 5.74) is 1.85. The van der Waals surface area contributed by atoms with Gasteiger partial charge in [-0.15, -0.1) is 0 Å². The first-order valence-corrected chi connectivity index (χ1v) is 8.65. The molecule has 3 aliphatic heterocycles. The molecule has 23 heavy (non-hydrogen) atoms. The molecule has 0 spiro atoms. The third-order valence-corrected chi connectivity index (χ3v) is 5.14. The highest BCUT2D eigenvalue weighted by Gasteiger charge is 2.26. The van der Waals surface area contributed by atoms with Crippen LogP contribution >= 0.6 is 0 Å². The lowest BCUT2D eigenvalue weighted by Crippen LogP contribution is -2.42. The lowest BCUT2D eigenvalue weighted by Gasteiger charge is -2.31. The maximum Gasteiger partial charge on any atom is 0.251 e. The molecule has 0 aromatic heterocycles. The largest absolute Gasteiger partial charge is 0.344 e. The SMILES string of the molecule is CC1CCCN1C/C(C=N)=C1\NC(=O)C=C(C2CCNCC2)N1. The maximum absolute atomic E-state index is 12.1. The standard InChI is InChI=1S/C17H27N5O/c1-12-3-2-8-22(12)11-14(10-18)17-20-15(9-16(23)21-17)13-4-6-19-7-5-13/h9-10,12-13,18-20H,2-8,11H2,1H3,(H,21,23)/b17-14-,18-10?. The number of rotatable bonds is 4. The van der Waals surface area contributed by atoms with Crippen molar-refractivity contribution in [1.82, 2.24) is 20.9 Å². The Bertz CT molecular complexity index is 533. The predicted octanol–water partition coefficient (Wildman–Crippen LogP) is 0.935. The van der Waals surface area contributed by atoms with Crippen molar-refractivity contribution in [3.05, 3.63) is 23.2 Å². The molecule has 126 valence electrons. The number of amides is 1. The van der Waals surface area contributed by atoms with Gasteiger partial charge in [0.1, 0.15) is 5.82 Å².